The summed E-state index contributed by atoms with van der Waals surface area (Å²) in [7, 11) is 0. The molecule has 0 saturated heterocycles. The Morgan fingerprint density at radius 1 is 1.22 bits per heavy atom. The minimum Gasteiger partial charge on any atom is -0.395 e. The number of hydrogen-bond donors (Lipinski definition) is 2. The number of hydrogen-bond acceptors (Lipinski definition) is 5. The monoisotopic (exact) mass is 284 g/mol. The van der Waals surface area contributed by atoms with Crippen molar-refractivity contribution < 1.29 is 5.11 Å². The molecule has 2 aromatic rings. The van der Waals surface area contributed by atoms with Gasteiger partial charge < -0.3 is 10.4 Å². The molecular weight excluding hydrogens is 275 g/mol. The van der Waals surface area contributed by atoms with Crippen LogP contribution in [0.3, 0.4) is 0 Å². The average Bonchev–Trinajstić information content (AvgIpc) is 2.39. The van der Waals surface area contributed by atoms with Crippen molar-refractivity contribution >= 4 is 29.2 Å². The lowest BCUT2D eigenvalue weighted by molar-refractivity contribution is 0.311. The van der Waals surface area contributed by atoms with Gasteiger partial charge in [0, 0.05) is 17.1 Å². The van der Waals surface area contributed by atoms with E-state index in [0.717, 1.165) is 0 Å². The van der Waals surface area contributed by atoms with E-state index in [1.165, 1.54) is 6.33 Å². The van der Waals surface area contributed by atoms with Crippen LogP contribution in [0.5, 0.6) is 0 Å². The smallest absolute Gasteiger partial charge is 0.226 e. The summed E-state index contributed by atoms with van der Waals surface area (Å²) in [4.78, 5) is 12.2. The fraction of sp³-hybridized carbons (Fsp3) is 0.182. The summed E-state index contributed by atoms with van der Waals surface area (Å²) < 4.78 is 0. The van der Waals surface area contributed by atoms with Gasteiger partial charge in [-0.1, -0.05) is 23.2 Å². The van der Waals surface area contributed by atoms with Crippen molar-refractivity contribution in [1.82, 2.24) is 15.0 Å². The van der Waals surface area contributed by atoms with E-state index in [2.05, 4.69) is 20.3 Å². The van der Waals surface area contributed by atoms with Crippen molar-refractivity contribution in [3.8, 4) is 11.4 Å². The molecule has 0 unspecified atom stereocenters. The molecule has 1 aromatic heterocycles. The molecule has 0 bridgehead atoms. The van der Waals surface area contributed by atoms with E-state index in [-0.39, 0.29) is 6.61 Å². The van der Waals surface area contributed by atoms with Crippen molar-refractivity contribution in [3.63, 3.8) is 0 Å². The van der Waals surface area contributed by atoms with Gasteiger partial charge in [0.05, 0.1) is 11.6 Å². The fourth-order valence-corrected chi connectivity index (χ4v) is 1.72. The molecule has 0 atom stereocenters. The second-order valence-electron chi connectivity index (χ2n) is 3.41. The lowest BCUT2D eigenvalue weighted by Gasteiger charge is -2.06. The van der Waals surface area contributed by atoms with Gasteiger partial charge >= 0.3 is 0 Å². The van der Waals surface area contributed by atoms with Gasteiger partial charge in [-0.05, 0) is 18.2 Å². The molecule has 94 valence electrons. The standard InChI is InChI=1S/C11H10Cl2N4O/c12-7-1-2-9(13)8(5-7)10-15-6-16-11(17-10)14-3-4-18/h1-2,5-6,18H,3-4H2,(H,14,15,16,17). The first kappa shape index (κ1) is 13.0. The Hall–Kier alpha value is -1.43. The molecule has 0 fully saturated rings. The number of halogens is 2. The highest BCUT2D eigenvalue weighted by atomic mass is 35.5. The molecule has 5 nitrogen and oxygen atoms in total. The Balaban J connectivity index is 2.35. The average molecular weight is 285 g/mol. The van der Waals surface area contributed by atoms with E-state index in [4.69, 9.17) is 28.3 Å². The van der Waals surface area contributed by atoms with Gasteiger partial charge in [-0.15, -0.1) is 0 Å². The molecule has 7 heteroatoms. The van der Waals surface area contributed by atoms with Crippen LogP contribution in [-0.4, -0.2) is 33.2 Å². The zero-order valence-electron chi connectivity index (χ0n) is 9.27. The molecule has 0 aliphatic rings. The molecule has 0 aliphatic heterocycles. The Morgan fingerprint density at radius 3 is 2.83 bits per heavy atom. The summed E-state index contributed by atoms with van der Waals surface area (Å²) in [6.45, 7) is 0.367. The predicted molar refractivity (Wildman–Crippen MR) is 70.9 cm³/mol. The van der Waals surface area contributed by atoms with Gasteiger partial charge in [0.25, 0.3) is 0 Å². The van der Waals surface area contributed by atoms with Crippen molar-refractivity contribution in [1.29, 1.82) is 0 Å². The molecule has 0 spiro atoms. The van der Waals surface area contributed by atoms with Crippen LogP contribution in [0.25, 0.3) is 11.4 Å². The molecule has 0 amide bonds. The van der Waals surface area contributed by atoms with Crippen LogP contribution in [0.4, 0.5) is 5.95 Å². The topological polar surface area (TPSA) is 70.9 Å². The van der Waals surface area contributed by atoms with Crippen LogP contribution in [0, 0.1) is 0 Å². The first-order valence-corrected chi connectivity index (χ1v) is 5.95. The van der Waals surface area contributed by atoms with Gasteiger partial charge in [0.1, 0.15) is 6.33 Å². The number of rotatable bonds is 4. The number of aliphatic hydroxyl groups excluding tert-OH is 1. The number of aromatic nitrogens is 3. The summed E-state index contributed by atoms with van der Waals surface area (Å²) in [6, 6.07) is 5.07. The molecule has 0 saturated carbocycles. The minimum absolute atomic E-state index is 0.00105. The summed E-state index contributed by atoms with van der Waals surface area (Å²) in [5, 5.41) is 12.6. The highest BCUT2D eigenvalue weighted by Crippen LogP contribution is 2.28. The Kier molecular flexibility index (Phi) is 4.30. The zero-order chi connectivity index (χ0) is 13.0. The molecule has 0 aliphatic carbocycles. The van der Waals surface area contributed by atoms with Crippen LogP contribution < -0.4 is 5.32 Å². The van der Waals surface area contributed by atoms with Crippen molar-refractivity contribution in [2.45, 2.75) is 0 Å². The molecule has 1 aromatic carbocycles. The molecule has 2 rings (SSSR count). The largest absolute Gasteiger partial charge is 0.395 e. The maximum atomic E-state index is 8.72. The first-order valence-electron chi connectivity index (χ1n) is 5.20. The predicted octanol–water partition coefficient (Wildman–Crippen LogP) is 2.25. The van der Waals surface area contributed by atoms with Crippen molar-refractivity contribution in [2.75, 3.05) is 18.5 Å². The molecular formula is C11H10Cl2N4O. The minimum atomic E-state index is -0.00105. The van der Waals surface area contributed by atoms with E-state index in [9.17, 15) is 0 Å². The first-order chi connectivity index (χ1) is 8.70. The second kappa shape index (κ2) is 5.95. The van der Waals surface area contributed by atoms with E-state index in [1.807, 2.05) is 0 Å². The van der Waals surface area contributed by atoms with E-state index in [0.29, 0.717) is 33.9 Å². The highest BCUT2D eigenvalue weighted by Gasteiger charge is 2.08. The van der Waals surface area contributed by atoms with Crippen LogP contribution in [0.2, 0.25) is 10.0 Å². The quantitative estimate of drug-likeness (QED) is 0.901. The Bertz CT molecular complexity index is 550. The lowest BCUT2D eigenvalue weighted by atomic mass is 10.2. The van der Waals surface area contributed by atoms with E-state index >= 15 is 0 Å². The Morgan fingerprint density at radius 2 is 2.06 bits per heavy atom. The third-order valence-electron chi connectivity index (χ3n) is 2.14. The van der Waals surface area contributed by atoms with Gasteiger partial charge in [0.2, 0.25) is 5.95 Å². The second-order valence-corrected chi connectivity index (χ2v) is 4.25. The van der Waals surface area contributed by atoms with Crippen LogP contribution in [0.1, 0.15) is 0 Å². The summed E-state index contributed by atoms with van der Waals surface area (Å²) in [5.74, 6) is 0.808. The van der Waals surface area contributed by atoms with Crippen molar-refractivity contribution in [3.05, 3.63) is 34.6 Å². The SMILES string of the molecule is OCCNc1ncnc(-c2cc(Cl)ccc2Cl)n1. The van der Waals surface area contributed by atoms with E-state index < -0.39 is 0 Å². The highest BCUT2D eigenvalue weighted by molar-refractivity contribution is 6.35. The van der Waals surface area contributed by atoms with E-state index in [1.54, 1.807) is 18.2 Å². The number of benzene rings is 1. The van der Waals surface area contributed by atoms with Gasteiger partial charge in [-0.2, -0.15) is 4.98 Å². The third-order valence-corrected chi connectivity index (χ3v) is 2.70. The maximum absolute atomic E-state index is 8.72. The van der Waals surface area contributed by atoms with Crippen molar-refractivity contribution in [2.24, 2.45) is 0 Å². The summed E-state index contributed by atoms with van der Waals surface area (Å²) in [5.41, 5.74) is 0.638. The van der Waals surface area contributed by atoms with Gasteiger partial charge in [0.15, 0.2) is 5.82 Å². The normalized spacial score (nSPS) is 10.4. The van der Waals surface area contributed by atoms with Gasteiger partial charge in [-0.3, -0.25) is 0 Å². The number of nitrogens with zero attached hydrogens (tertiary/aromatic N) is 3. The molecule has 2 N–H and O–H groups in total. The number of aliphatic hydroxyl groups is 1. The summed E-state index contributed by atoms with van der Waals surface area (Å²) >= 11 is 12.0. The number of nitrogens with one attached hydrogen (secondary N) is 1. The molecule has 1 heterocycles. The summed E-state index contributed by atoms with van der Waals surface area (Å²) in [6.07, 6.45) is 1.37. The molecule has 0 radical (unpaired) electrons. The van der Waals surface area contributed by atoms with Crippen LogP contribution in [-0.2, 0) is 0 Å². The van der Waals surface area contributed by atoms with Crippen LogP contribution >= 0.6 is 23.2 Å². The van der Waals surface area contributed by atoms with Gasteiger partial charge in [-0.25, -0.2) is 9.97 Å². The fourth-order valence-electron chi connectivity index (χ4n) is 1.35. The zero-order valence-corrected chi connectivity index (χ0v) is 10.8. The van der Waals surface area contributed by atoms with Crippen LogP contribution in [0.15, 0.2) is 24.5 Å². The Labute approximate surface area is 114 Å². The maximum Gasteiger partial charge on any atom is 0.226 e. The molecule has 18 heavy (non-hydrogen) atoms. The lowest BCUT2D eigenvalue weighted by Crippen LogP contribution is -2.09. The third kappa shape index (κ3) is 3.07. The number of anilines is 1.